The zero-order valence-corrected chi connectivity index (χ0v) is 16.9. The predicted octanol–water partition coefficient (Wildman–Crippen LogP) is 3.77. The largest absolute Gasteiger partial charge is 0.497 e. The monoisotopic (exact) mass is 404 g/mol. The van der Waals surface area contributed by atoms with Crippen LogP contribution in [-0.4, -0.2) is 40.4 Å². The number of nitrogens with zero attached hydrogens (tertiary/aromatic N) is 3. The van der Waals surface area contributed by atoms with Crippen molar-refractivity contribution in [1.82, 2.24) is 14.5 Å². The third-order valence-electron chi connectivity index (χ3n) is 3.78. The summed E-state index contributed by atoms with van der Waals surface area (Å²) in [6.07, 6.45) is 3.63. The summed E-state index contributed by atoms with van der Waals surface area (Å²) in [5.41, 5.74) is 1.54. The van der Waals surface area contributed by atoms with E-state index in [1.54, 1.807) is 20.4 Å². The number of hydrogen-bond acceptors (Lipinski definition) is 7. The Bertz CT molecular complexity index is 923. The van der Waals surface area contributed by atoms with Gasteiger partial charge >= 0.3 is 0 Å². The maximum atomic E-state index is 12.2. The van der Waals surface area contributed by atoms with Crippen molar-refractivity contribution in [3.8, 4) is 22.8 Å². The third kappa shape index (κ3) is 4.61. The van der Waals surface area contributed by atoms with Crippen molar-refractivity contribution in [1.29, 1.82) is 0 Å². The van der Waals surface area contributed by atoms with Crippen molar-refractivity contribution in [2.45, 2.75) is 18.6 Å². The average molecular weight is 405 g/mol. The number of ether oxygens (including phenoxy) is 2. The Kier molecular flexibility index (Phi) is 6.36. The van der Waals surface area contributed by atoms with Crippen LogP contribution in [0, 0.1) is 0 Å². The Balaban J connectivity index is 1.66. The highest BCUT2D eigenvalue weighted by molar-refractivity contribution is 7.99. The Morgan fingerprint density at radius 3 is 2.93 bits per heavy atom. The summed E-state index contributed by atoms with van der Waals surface area (Å²) in [6, 6.07) is 5.52. The van der Waals surface area contributed by atoms with Crippen LogP contribution in [0.25, 0.3) is 11.3 Å². The fourth-order valence-electron chi connectivity index (χ4n) is 2.43. The van der Waals surface area contributed by atoms with Crippen LogP contribution in [0.5, 0.6) is 11.5 Å². The van der Waals surface area contributed by atoms with Crippen molar-refractivity contribution in [3.63, 3.8) is 0 Å². The topological polar surface area (TPSA) is 78.3 Å². The van der Waals surface area contributed by atoms with E-state index in [1.165, 1.54) is 23.1 Å². The molecule has 3 aromatic rings. The minimum Gasteiger partial charge on any atom is -0.497 e. The molecule has 0 spiro atoms. The van der Waals surface area contributed by atoms with Crippen LogP contribution in [0.3, 0.4) is 0 Å². The number of anilines is 1. The fraction of sp³-hybridized carbons (Fsp3) is 0.278. The number of hydrogen-bond donors (Lipinski definition) is 1. The molecule has 9 heteroatoms. The summed E-state index contributed by atoms with van der Waals surface area (Å²) in [5, 5.41) is 6.08. The molecule has 142 valence electrons. The van der Waals surface area contributed by atoms with Crippen LogP contribution >= 0.6 is 23.1 Å². The summed E-state index contributed by atoms with van der Waals surface area (Å²) in [6.45, 7) is 2.86. The second-order valence-electron chi connectivity index (χ2n) is 5.44. The van der Waals surface area contributed by atoms with Crippen molar-refractivity contribution in [2.24, 2.45) is 0 Å². The van der Waals surface area contributed by atoms with Crippen LogP contribution in [0.15, 0.2) is 41.1 Å². The zero-order chi connectivity index (χ0) is 19.2. The van der Waals surface area contributed by atoms with Gasteiger partial charge in [-0.1, -0.05) is 11.8 Å². The minimum atomic E-state index is -0.121. The molecular formula is C18H20N4O3S2. The molecule has 7 nitrogen and oxygen atoms in total. The van der Waals surface area contributed by atoms with Crippen LogP contribution in [0.1, 0.15) is 6.92 Å². The van der Waals surface area contributed by atoms with Gasteiger partial charge in [0.25, 0.3) is 0 Å². The molecule has 0 radical (unpaired) electrons. The Morgan fingerprint density at radius 1 is 1.33 bits per heavy atom. The van der Waals surface area contributed by atoms with E-state index < -0.39 is 0 Å². The molecule has 0 unspecified atom stereocenters. The average Bonchev–Trinajstić information content (AvgIpc) is 3.34. The lowest BCUT2D eigenvalue weighted by atomic mass is 10.1. The maximum absolute atomic E-state index is 12.2. The first-order valence-corrected chi connectivity index (χ1v) is 10.1. The van der Waals surface area contributed by atoms with Gasteiger partial charge in [0.2, 0.25) is 5.91 Å². The number of amides is 1. The molecule has 0 fully saturated rings. The van der Waals surface area contributed by atoms with E-state index in [-0.39, 0.29) is 11.7 Å². The smallest absolute Gasteiger partial charge is 0.236 e. The van der Waals surface area contributed by atoms with Gasteiger partial charge in [-0.25, -0.2) is 9.97 Å². The highest BCUT2D eigenvalue weighted by Gasteiger charge is 2.14. The van der Waals surface area contributed by atoms with E-state index in [0.29, 0.717) is 16.6 Å². The quantitative estimate of drug-likeness (QED) is 0.576. The van der Waals surface area contributed by atoms with E-state index >= 15 is 0 Å². The number of carbonyl (C=O) groups excluding carboxylic acids is 1. The van der Waals surface area contributed by atoms with Gasteiger partial charge < -0.3 is 19.4 Å². The Morgan fingerprint density at radius 2 is 2.19 bits per heavy atom. The van der Waals surface area contributed by atoms with Crippen molar-refractivity contribution < 1.29 is 14.3 Å². The number of thiazole rings is 1. The molecule has 0 saturated heterocycles. The van der Waals surface area contributed by atoms with Gasteiger partial charge in [0.05, 0.1) is 25.7 Å². The molecular weight excluding hydrogens is 384 g/mol. The van der Waals surface area contributed by atoms with Gasteiger partial charge in [-0.15, -0.1) is 11.3 Å². The van der Waals surface area contributed by atoms with Gasteiger partial charge in [-0.2, -0.15) is 0 Å². The highest BCUT2D eigenvalue weighted by atomic mass is 32.2. The number of rotatable bonds is 8. The first-order valence-electron chi connectivity index (χ1n) is 8.26. The molecule has 2 aromatic heterocycles. The number of nitrogens with one attached hydrogen (secondary N) is 1. The van der Waals surface area contributed by atoms with Crippen LogP contribution < -0.4 is 14.8 Å². The SMILES string of the molecule is CCn1ccnc1SCC(=O)Nc1nc(-c2cc(OC)ccc2OC)cs1. The lowest BCUT2D eigenvalue weighted by Gasteiger charge is -2.08. The molecule has 0 bridgehead atoms. The molecule has 3 rings (SSSR count). The lowest BCUT2D eigenvalue weighted by molar-refractivity contribution is -0.113. The molecule has 1 N–H and O–H groups in total. The van der Waals surface area contributed by atoms with E-state index in [2.05, 4.69) is 15.3 Å². The summed E-state index contributed by atoms with van der Waals surface area (Å²) >= 11 is 2.77. The Hall–Kier alpha value is -2.52. The van der Waals surface area contributed by atoms with Gasteiger partial charge in [-0.05, 0) is 25.1 Å². The zero-order valence-electron chi connectivity index (χ0n) is 15.3. The first kappa shape index (κ1) is 19.2. The summed E-state index contributed by atoms with van der Waals surface area (Å²) < 4.78 is 12.7. The van der Waals surface area contributed by atoms with Crippen LogP contribution in [0.4, 0.5) is 5.13 Å². The second-order valence-corrected chi connectivity index (χ2v) is 7.24. The Labute approximate surface area is 165 Å². The number of aryl methyl sites for hydroxylation is 1. The normalized spacial score (nSPS) is 10.6. The number of methoxy groups -OCH3 is 2. The third-order valence-corrected chi connectivity index (χ3v) is 5.55. The van der Waals surface area contributed by atoms with Crippen molar-refractivity contribution in [3.05, 3.63) is 36.0 Å². The van der Waals surface area contributed by atoms with E-state index in [9.17, 15) is 4.79 Å². The summed E-state index contributed by atoms with van der Waals surface area (Å²) in [7, 11) is 3.22. The van der Waals surface area contributed by atoms with Crippen molar-refractivity contribution >= 4 is 34.1 Å². The lowest BCUT2D eigenvalue weighted by Crippen LogP contribution is -2.14. The number of imidazole rings is 1. The molecule has 1 aromatic carbocycles. The van der Waals surface area contributed by atoms with Crippen LogP contribution in [-0.2, 0) is 11.3 Å². The van der Waals surface area contributed by atoms with Gasteiger partial charge in [0, 0.05) is 29.9 Å². The highest BCUT2D eigenvalue weighted by Crippen LogP contribution is 2.35. The second kappa shape index (κ2) is 8.92. The van der Waals surface area contributed by atoms with Gasteiger partial charge in [-0.3, -0.25) is 4.79 Å². The van der Waals surface area contributed by atoms with Gasteiger partial charge in [0.1, 0.15) is 11.5 Å². The van der Waals surface area contributed by atoms with Gasteiger partial charge in [0.15, 0.2) is 10.3 Å². The number of thioether (sulfide) groups is 1. The number of carbonyl (C=O) groups is 1. The summed E-state index contributed by atoms with van der Waals surface area (Å²) in [5.74, 6) is 1.56. The van der Waals surface area contributed by atoms with Crippen molar-refractivity contribution in [2.75, 3.05) is 25.3 Å². The molecule has 0 atom stereocenters. The van der Waals surface area contributed by atoms with E-state index in [1.807, 2.05) is 41.3 Å². The standard InChI is InChI=1S/C18H20N4O3S2/c1-4-22-8-7-19-18(22)27-11-16(23)21-17-20-14(10-26-17)13-9-12(24-2)5-6-15(13)25-3/h5-10H,4,11H2,1-3H3,(H,20,21,23). The van der Waals surface area contributed by atoms with Crippen LogP contribution in [0.2, 0.25) is 0 Å². The molecule has 0 saturated carbocycles. The van der Waals surface area contributed by atoms with E-state index in [0.717, 1.165) is 23.0 Å². The predicted molar refractivity (Wildman–Crippen MR) is 108 cm³/mol. The molecule has 2 heterocycles. The molecule has 27 heavy (non-hydrogen) atoms. The number of benzene rings is 1. The first-order chi connectivity index (χ1) is 13.1. The molecule has 0 aliphatic rings. The molecule has 1 amide bonds. The minimum absolute atomic E-state index is 0.121. The van der Waals surface area contributed by atoms with E-state index in [4.69, 9.17) is 9.47 Å². The molecule has 0 aliphatic heterocycles. The maximum Gasteiger partial charge on any atom is 0.236 e. The number of aromatic nitrogens is 3. The fourth-order valence-corrected chi connectivity index (χ4v) is 3.98. The summed E-state index contributed by atoms with van der Waals surface area (Å²) in [4.78, 5) is 21.0. The molecule has 0 aliphatic carbocycles.